The van der Waals surface area contributed by atoms with E-state index < -0.39 is 0 Å². The molecule has 1 aromatic carbocycles. The van der Waals surface area contributed by atoms with Gasteiger partial charge in [0.25, 0.3) is 0 Å². The lowest BCUT2D eigenvalue weighted by Crippen LogP contribution is -2.31. The van der Waals surface area contributed by atoms with Crippen molar-refractivity contribution in [3.8, 4) is 5.75 Å². The molecule has 94 valence electrons. The summed E-state index contributed by atoms with van der Waals surface area (Å²) in [7, 11) is 0. The second-order valence-corrected chi connectivity index (χ2v) is 5.07. The van der Waals surface area contributed by atoms with Crippen molar-refractivity contribution in [2.45, 2.75) is 46.1 Å². The Morgan fingerprint density at radius 2 is 2.06 bits per heavy atom. The number of hydrogen-bond acceptors (Lipinski definition) is 2. The quantitative estimate of drug-likeness (QED) is 0.813. The molecular formula is C14H21NOS. The highest BCUT2D eigenvalue weighted by atomic mass is 32.1. The number of aryl methyl sites for hydroxylation is 1. The topological polar surface area (TPSA) is 35.2 Å². The van der Waals surface area contributed by atoms with E-state index in [0.717, 1.165) is 17.7 Å². The number of rotatable bonds is 5. The fourth-order valence-electron chi connectivity index (χ4n) is 1.60. The van der Waals surface area contributed by atoms with E-state index >= 15 is 0 Å². The summed E-state index contributed by atoms with van der Waals surface area (Å²) in [5.74, 6) is 1.37. The normalized spacial score (nSPS) is 12.5. The molecule has 1 aromatic rings. The molecular weight excluding hydrogens is 230 g/mol. The van der Waals surface area contributed by atoms with Gasteiger partial charge in [0.2, 0.25) is 0 Å². The van der Waals surface area contributed by atoms with Gasteiger partial charge >= 0.3 is 0 Å². The van der Waals surface area contributed by atoms with Crippen molar-refractivity contribution in [3.63, 3.8) is 0 Å². The van der Waals surface area contributed by atoms with Gasteiger partial charge in [0, 0.05) is 0 Å². The molecule has 0 heterocycles. The van der Waals surface area contributed by atoms with Gasteiger partial charge in [0.05, 0.1) is 0 Å². The first-order valence-corrected chi connectivity index (χ1v) is 6.43. The zero-order valence-corrected chi connectivity index (χ0v) is 11.8. The molecule has 17 heavy (non-hydrogen) atoms. The summed E-state index contributed by atoms with van der Waals surface area (Å²) in [5, 5.41) is 0. The van der Waals surface area contributed by atoms with Crippen LogP contribution >= 0.6 is 12.2 Å². The number of benzene rings is 1. The van der Waals surface area contributed by atoms with Crippen LogP contribution in [-0.4, -0.2) is 11.1 Å². The summed E-state index contributed by atoms with van der Waals surface area (Å²) in [5.41, 5.74) is 8.03. The Balaban J connectivity index is 2.96. The molecule has 0 bridgehead atoms. The predicted octanol–water partition coefficient (Wildman–Crippen LogP) is 3.56. The second kappa shape index (κ2) is 6.01. The van der Waals surface area contributed by atoms with Crippen LogP contribution in [0.4, 0.5) is 0 Å². The van der Waals surface area contributed by atoms with Crippen molar-refractivity contribution in [2.24, 2.45) is 5.73 Å². The third-order valence-corrected chi connectivity index (χ3v) is 3.10. The Kier molecular flexibility index (Phi) is 4.94. The molecule has 0 aliphatic rings. The molecule has 0 saturated carbocycles. The van der Waals surface area contributed by atoms with E-state index in [0.29, 0.717) is 10.9 Å². The van der Waals surface area contributed by atoms with Crippen molar-refractivity contribution < 1.29 is 4.74 Å². The maximum Gasteiger partial charge on any atom is 0.148 e. The average Bonchev–Trinajstić information content (AvgIpc) is 2.27. The molecule has 1 atom stereocenters. The molecule has 3 heteroatoms. The molecule has 0 aliphatic heterocycles. The van der Waals surface area contributed by atoms with E-state index in [1.54, 1.807) is 0 Å². The number of nitrogens with two attached hydrogens (primary N) is 1. The summed E-state index contributed by atoms with van der Waals surface area (Å²) < 4.78 is 5.88. The smallest absolute Gasteiger partial charge is 0.148 e. The lowest BCUT2D eigenvalue weighted by Gasteiger charge is -2.19. The summed E-state index contributed by atoms with van der Waals surface area (Å²) in [6.45, 7) is 8.38. The Morgan fingerprint density at radius 1 is 1.41 bits per heavy atom. The van der Waals surface area contributed by atoms with Gasteiger partial charge in [-0.1, -0.05) is 45.1 Å². The first kappa shape index (κ1) is 14.0. The minimum atomic E-state index is -0.175. The third-order valence-electron chi connectivity index (χ3n) is 2.84. The average molecular weight is 251 g/mol. The number of ether oxygens (including phenoxy) is 1. The van der Waals surface area contributed by atoms with Crippen LogP contribution in [0.1, 0.15) is 44.2 Å². The largest absolute Gasteiger partial charge is 0.483 e. The van der Waals surface area contributed by atoms with Crippen LogP contribution in [0.15, 0.2) is 18.2 Å². The van der Waals surface area contributed by atoms with Crippen LogP contribution in [0.3, 0.4) is 0 Å². The SMILES string of the molecule is CCC(Oc1cc(C(C)C)ccc1C)C(N)=S. The number of thiocarbonyl (C=S) groups is 1. The van der Waals surface area contributed by atoms with Crippen LogP contribution in [0.25, 0.3) is 0 Å². The lowest BCUT2D eigenvalue weighted by molar-refractivity contribution is 0.262. The molecule has 0 fully saturated rings. The molecule has 0 amide bonds. The lowest BCUT2D eigenvalue weighted by atomic mass is 10.0. The first-order valence-electron chi connectivity index (χ1n) is 6.02. The number of hydrogen-bond donors (Lipinski definition) is 1. The second-order valence-electron chi connectivity index (χ2n) is 4.60. The first-order chi connectivity index (χ1) is 7.95. The van der Waals surface area contributed by atoms with Crippen LogP contribution in [0.2, 0.25) is 0 Å². The Morgan fingerprint density at radius 3 is 2.53 bits per heavy atom. The zero-order valence-electron chi connectivity index (χ0n) is 11.0. The zero-order chi connectivity index (χ0) is 13.0. The summed E-state index contributed by atoms with van der Waals surface area (Å²) in [6.07, 6.45) is 0.617. The molecule has 0 radical (unpaired) electrons. The summed E-state index contributed by atoms with van der Waals surface area (Å²) >= 11 is 5.00. The third kappa shape index (κ3) is 3.70. The Bertz CT molecular complexity index is 401. The van der Waals surface area contributed by atoms with Crippen molar-refractivity contribution in [1.82, 2.24) is 0 Å². The molecule has 2 nitrogen and oxygen atoms in total. The van der Waals surface area contributed by atoms with E-state index in [9.17, 15) is 0 Å². The van der Waals surface area contributed by atoms with Crippen LogP contribution in [-0.2, 0) is 0 Å². The summed E-state index contributed by atoms with van der Waals surface area (Å²) in [4.78, 5) is 0.418. The highest BCUT2D eigenvalue weighted by molar-refractivity contribution is 7.80. The van der Waals surface area contributed by atoms with Crippen LogP contribution in [0, 0.1) is 6.92 Å². The van der Waals surface area contributed by atoms with Crippen LogP contribution in [0.5, 0.6) is 5.75 Å². The molecule has 1 rings (SSSR count). The van der Waals surface area contributed by atoms with E-state index in [-0.39, 0.29) is 6.10 Å². The molecule has 2 N–H and O–H groups in total. The van der Waals surface area contributed by atoms with Gasteiger partial charge in [-0.05, 0) is 36.5 Å². The Hall–Kier alpha value is -1.09. The van der Waals surface area contributed by atoms with Crippen molar-refractivity contribution in [3.05, 3.63) is 29.3 Å². The standard InChI is InChI=1S/C14H21NOS/c1-5-12(14(15)17)16-13-8-11(9(2)3)7-6-10(13)4/h6-9,12H,5H2,1-4H3,(H2,15,17). The minimum absolute atomic E-state index is 0.175. The summed E-state index contributed by atoms with van der Waals surface area (Å²) in [6, 6.07) is 6.30. The van der Waals surface area contributed by atoms with E-state index in [1.165, 1.54) is 5.56 Å². The van der Waals surface area contributed by atoms with E-state index in [2.05, 4.69) is 32.0 Å². The van der Waals surface area contributed by atoms with Crippen molar-refractivity contribution in [1.29, 1.82) is 0 Å². The van der Waals surface area contributed by atoms with Gasteiger partial charge in [-0.3, -0.25) is 0 Å². The maximum absolute atomic E-state index is 5.88. The van der Waals surface area contributed by atoms with Gasteiger partial charge in [0.15, 0.2) is 0 Å². The maximum atomic E-state index is 5.88. The Labute approximate surface area is 109 Å². The van der Waals surface area contributed by atoms with Gasteiger partial charge in [0.1, 0.15) is 16.8 Å². The van der Waals surface area contributed by atoms with Gasteiger partial charge in [-0.15, -0.1) is 0 Å². The van der Waals surface area contributed by atoms with Crippen molar-refractivity contribution >= 4 is 17.2 Å². The van der Waals surface area contributed by atoms with Gasteiger partial charge < -0.3 is 10.5 Å². The van der Waals surface area contributed by atoms with Crippen LogP contribution < -0.4 is 10.5 Å². The highest BCUT2D eigenvalue weighted by Gasteiger charge is 2.13. The monoisotopic (exact) mass is 251 g/mol. The molecule has 0 spiro atoms. The molecule has 1 unspecified atom stereocenters. The van der Waals surface area contributed by atoms with Gasteiger partial charge in [-0.2, -0.15) is 0 Å². The van der Waals surface area contributed by atoms with Gasteiger partial charge in [-0.25, -0.2) is 0 Å². The highest BCUT2D eigenvalue weighted by Crippen LogP contribution is 2.25. The van der Waals surface area contributed by atoms with E-state index in [1.807, 2.05) is 13.8 Å². The molecule has 0 aliphatic carbocycles. The van der Waals surface area contributed by atoms with E-state index in [4.69, 9.17) is 22.7 Å². The molecule has 0 aromatic heterocycles. The molecule has 0 saturated heterocycles. The predicted molar refractivity (Wildman–Crippen MR) is 76.8 cm³/mol. The van der Waals surface area contributed by atoms with Crippen molar-refractivity contribution in [2.75, 3.05) is 0 Å². The fraction of sp³-hybridized carbons (Fsp3) is 0.500. The minimum Gasteiger partial charge on any atom is -0.483 e. The fourth-order valence-corrected chi connectivity index (χ4v) is 1.81.